The number of aryl methyl sites for hydroxylation is 2. The van der Waals surface area contributed by atoms with Crippen LogP contribution in [-0.2, 0) is 12.8 Å². The van der Waals surface area contributed by atoms with Crippen molar-refractivity contribution in [1.82, 2.24) is 4.98 Å². The van der Waals surface area contributed by atoms with E-state index in [1.54, 1.807) is 0 Å². The van der Waals surface area contributed by atoms with Crippen LogP contribution in [-0.4, -0.2) is 16.9 Å². The Morgan fingerprint density at radius 2 is 2.33 bits per heavy atom. The molecule has 0 saturated heterocycles. The highest BCUT2D eigenvalue weighted by Crippen LogP contribution is 2.31. The van der Waals surface area contributed by atoms with E-state index in [1.165, 1.54) is 27.6 Å². The first-order valence-corrected chi connectivity index (χ1v) is 8.41. The number of halogens is 2. The quantitative estimate of drug-likeness (QED) is 0.855. The molecule has 21 heavy (non-hydrogen) atoms. The van der Waals surface area contributed by atoms with Gasteiger partial charge < -0.3 is 5.73 Å². The van der Waals surface area contributed by atoms with Crippen molar-refractivity contribution in [3.8, 4) is 0 Å². The number of amides is 1. The first-order valence-electron chi connectivity index (χ1n) is 6.33. The predicted molar refractivity (Wildman–Crippen MR) is 91.4 cm³/mol. The van der Waals surface area contributed by atoms with Crippen LogP contribution in [0.15, 0.2) is 5.38 Å². The lowest BCUT2D eigenvalue weighted by molar-refractivity contribution is 0.103. The van der Waals surface area contributed by atoms with Crippen LogP contribution in [0.3, 0.4) is 0 Å². The summed E-state index contributed by atoms with van der Waals surface area (Å²) in [5.41, 5.74) is 7.94. The first-order chi connectivity index (χ1) is 9.54. The molecule has 1 amide bonds. The van der Waals surface area contributed by atoms with Gasteiger partial charge in [-0.25, -0.2) is 4.98 Å². The number of hydrogen-bond donors (Lipinski definition) is 2. The second-order valence-corrected chi connectivity index (χ2v) is 7.25. The topological polar surface area (TPSA) is 68.0 Å². The number of nitrogens with two attached hydrogens (primary N) is 1. The van der Waals surface area contributed by atoms with Crippen LogP contribution >= 0.6 is 46.7 Å². The summed E-state index contributed by atoms with van der Waals surface area (Å²) in [6, 6.07) is 0.209. The Hall–Kier alpha value is -0.660. The SMILES string of the molecule is Cc1csc(C(=O)Nc2nc3c(s2)C[C@@H](N)CC3)c1Cl.Cl. The van der Waals surface area contributed by atoms with Crippen LogP contribution in [0.25, 0.3) is 0 Å². The summed E-state index contributed by atoms with van der Waals surface area (Å²) < 4.78 is 0. The Labute approximate surface area is 142 Å². The molecular formula is C13H15Cl2N3OS2. The van der Waals surface area contributed by atoms with E-state index in [2.05, 4.69) is 10.3 Å². The lowest BCUT2D eigenvalue weighted by Crippen LogP contribution is -2.27. The molecule has 3 N–H and O–H groups in total. The summed E-state index contributed by atoms with van der Waals surface area (Å²) in [4.78, 5) is 18.4. The van der Waals surface area contributed by atoms with Crippen molar-refractivity contribution in [1.29, 1.82) is 0 Å². The van der Waals surface area contributed by atoms with Crippen molar-refractivity contribution in [2.45, 2.75) is 32.2 Å². The molecule has 3 rings (SSSR count). The van der Waals surface area contributed by atoms with Crippen LogP contribution in [0, 0.1) is 6.92 Å². The third-order valence-electron chi connectivity index (χ3n) is 3.30. The zero-order valence-electron chi connectivity index (χ0n) is 11.3. The highest BCUT2D eigenvalue weighted by molar-refractivity contribution is 7.16. The molecule has 114 valence electrons. The van der Waals surface area contributed by atoms with Gasteiger partial charge >= 0.3 is 0 Å². The van der Waals surface area contributed by atoms with Gasteiger partial charge in [0, 0.05) is 10.9 Å². The van der Waals surface area contributed by atoms with Gasteiger partial charge in [0.15, 0.2) is 5.13 Å². The summed E-state index contributed by atoms with van der Waals surface area (Å²) in [5, 5.41) is 5.88. The average Bonchev–Trinajstić information content (AvgIpc) is 2.93. The molecule has 2 aromatic heterocycles. The molecule has 8 heteroatoms. The maximum Gasteiger partial charge on any atom is 0.269 e. The van der Waals surface area contributed by atoms with E-state index in [-0.39, 0.29) is 24.4 Å². The van der Waals surface area contributed by atoms with Crippen molar-refractivity contribution < 1.29 is 4.79 Å². The molecule has 0 fully saturated rings. The number of aromatic nitrogens is 1. The van der Waals surface area contributed by atoms with E-state index >= 15 is 0 Å². The minimum Gasteiger partial charge on any atom is -0.327 e. The minimum absolute atomic E-state index is 0. The molecular weight excluding hydrogens is 349 g/mol. The maximum absolute atomic E-state index is 12.2. The lowest BCUT2D eigenvalue weighted by atomic mass is 9.99. The zero-order valence-corrected chi connectivity index (χ0v) is 14.5. The van der Waals surface area contributed by atoms with E-state index < -0.39 is 0 Å². The normalized spacial score (nSPS) is 17.0. The summed E-state index contributed by atoms with van der Waals surface area (Å²) >= 11 is 8.97. The Morgan fingerprint density at radius 1 is 1.57 bits per heavy atom. The van der Waals surface area contributed by atoms with Gasteiger partial charge in [0.1, 0.15) is 4.88 Å². The van der Waals surface area contributed by atoms with E-state index in [4.69, 9.17) is 17.3 Å². The average molecular weight is 364 g/mol. The van der Waals surface area contributed by atoms with Gasteiger partial charge in [-0.1, -0.05) is 11.6 Å². The van der Waals surface area contributed by atoms with E-state index in [0.29, 0.717) is 15.0 Å². The Balaban J connectivity index is 0.00000161. The van der Waals surface area contributed by atoms with Crippen LogP contribution in [0.2, 0.25) is 5.02 Å². The molecule has 1 aliphatic carbocycles. The largest absolute Gasteiger partial charge is 0.327 e. The number of hydrogen-bond acceptors (Lipinski definition) is 5. The highest BCUT2D eigenvalue weighted by atomic mass is 35.5. The van der Waals surface area contributed by atoms with Crippen molar-refractivity contribution in [2.24, 2.45) is 5.73 Å². The van der Waals surface area contributed by atoms with Crippen LogP contribution < -0.4 is 11.1 Å². The molecule has 0 spiro atoms. The van der Waals surface area contributed by atoms with Gasteiger partial charge in [-0.3, -0.25) is 10.1 Å². The van der Waals surface area contributed by atoms with Crippen molar-refractivity contribution in [3.63, 3.8) is 0 Å². The third kappa shape index (κ3) is 3.40. The second-order valence-electron chi connectivity index (χ2n) is 4.91. The summed E-state index contributed by atoms with van der Waals surface area (Å²) in [6.45, 7) is 1.89. The predicted octanol–water partition coefficient (Wildman–Crippen LogP) is 3.66. The molecule has 0 aromatic carbocycles. The van der Waals surface area contributed by atoms with Gasteiger partial charge in [-0.2, -0.15) is 0 Å². The smallest absolute Gasteiger partial charge is 0.269 e. The van der Waals surface area contributed by atoms with E-state index in [1.807, 2.05) is 12.3 Å². The summed E-state index contributed by atoms with van der Waals surface area (Å²) in [5.74, 6) is -0.191. The molecule has 0 radical (unpaired) electrons. The van der Waals surface area contributed by atoms with E-state index in [0.717, 1.165) is 30.5 Å². The molecule has 0 saturated carbocycles. The minimum atomic E-state index is -0.191. The van der Waals surface area contributed by atoms with Crippen LogP contribution in [0.1, 0.15) is 32.2 Å². The van der Waals surface area contributed by atoms with Crippen molar-refractivity contribution in [2.75, 3.05) is 5.32 Å². The Morgan fingerprint density at radius 3 is 3.00 bits per heavy atom. The Kier molecular flexibility index (Phi) is 5.27. The summed E-state index contributed by atoms with van der Waals surface area (Å²) in [7, 11) is 0. The number of carbonyl (C=O) groups is 1. The standard InChI is InChI=1S/C13H14ClN3OS2.ClH/c1-6-5-19-11(10(6)14)12(18)17-13-16-8-3-2-7(15)4-9(8)20-13;/h5,7H,2-4,15H2,1H3,(H,16,17,18);1H/t7-;/m0./s1. The molecule has 0 unspecified atom stereocenters. The van der Waals surface area contributed by atoms with Crippen molar-refractivity contribution in [3.05, 3.63) is 31.4 Å². The van der Waals surface area contributed by atoms with Gasteiger partial charge in [-0.15, -0.1) is 35.1 Å². The van der Waals surface area contributed by atoms with Crippen molar-refractivity contribution >= 4 is 57.7 Å². The molecule has 4 nitrogen and oxygen atoms in total. The fourth-order valence-corrected chi connectivity index (χ4v) is 4.46. The lowest BCUT2D eigenvalue weighted by Gasteiger charge is -2.15. The molecule has 1 atom stereocenters. The summed E-state index contributed by atoms with van der Waals surface area (Å²) in [6.07, 6.45) is 2.70. The molecule has 0 bridgehead atoms. The van der Waals surface area contributed by atoms with Gasteiger partial charge in [0.25, 0.3) is 5.91 Å². The number of nitrogens with zero attached hydrogens (tertiary/aromatic N) is 1. The number of anilines is 1. The van der Waals surface area contributed by atoms with Gasteiger partial charge in [-0.05, 0) is 37.1 Å². The monoisotopic (exact) mass is 363 g/mol. The number of thiophene rings is 1. The fraction of sp³-hybridized carbons (Fsp3) is 0.385. The Bertz CT molecular complexity index is 668. The molecule has 0 aliphatic heterocycles. The molecule has 1 aliphatic rings. The molecule has 2 aromatic rings. The number of rotatable bonds is 2. The number of nitrogens with one attached hydrogen (secondary N) is 1. The highest BCUT2D eigenvalue weighted by Gasteiger charge is 2.22. The number of thiazole rings is 1. The van der Waals surface area contributed by atoms with Crippen LogP contribution in [0.5, 0.6) is 0 Å². The maximum atomic E-state index is 12.2. The first kappa shape index (κ1) is 16.7. The van der Waals surface area contributed by atoms with Gasteiger partial charge in [0.2, 0.25) is 0 Å². The van der Waals surface area contributed by atoms with E-state index in [9.17, 15) is 4.79 Å². The fourth-order valence-electron chi connectivity index (χ4n) is 2.19. The van der Waals surface area contributed by atoms with Gasteiger partial charge in [0.05, 0.1) is 10.7 Å². The van der Waals surface area contributed by atoms with Crippen LogP contribution in [0.4, 0.5) is 5.13 Å². The number of fused-ring (bicyclic) bond motifs is 1. The zero-order chi connectivity index (χ0) is 14.3. The third-order valence-corrected chi connectivity index (χ3v) is 6.03. The number of carbonyl (C=O) groups excluding carboxylic acids is 1. The molecule has 2 heterocycles. The second kappa shape index (κ2) is 6.62.